The van der Waals surface area contributed by atoms with E-state index in [2.05, 4.69) is 0 Å². The summed E-state index contributed by atoms with van der Waals surface area (Å²) in [4.78, 5) is 0. The molecule has 0 saturated carbocycles. The first-order chi connectivity index (χ1) is 4.47. The predicted molar refractivity (Wildman–Crippen MR) is 37.6 cm³/mol. The fourth-order valence-electron chi connectivity index (χ4n) is 0.906. The minimum atomic E-state index is 0.956. The first-order valence-electron chi connectivity index (χ1n) is 2.89. The second-order valence-corrected chi connectivity index (χ2v) is 1.96. The molecule has 0 fully saturated rings. The molecule has 1 nitrogen and oxygen atoms in total. The third-order valence-corrected chi connectivity index (χ3v) is 1.36. The molecule has 0 aliphatic carbocycles. The van der Waals surface area contributed by atoms with Gasteiger partial charge < -0.3 is 0 Å². The van der Waals surface area contributed by atoms with Crippen LogP contribution in [0.25, 0.3) is 11.0 Å². The summed E-state index contributed by atoms with van der Waals surface area (Å²) in [5.41, 5.74) is 0.956. The first kappa shape index (κ1) is 4.80. The molecule has 2 aromatic rings. The summed E-state index contributed by atoms with van der Waals surface area (Å²) in [6.07, 6.45) is 1.70. The molecule has 0 amide bonds. The van der Waals surface area contributed by atoms with Crippen LogP contribution in [0.1, 0.15) is 0 Å². The van der Waals surface area contributed by atoms with E-state index in [1.165, 1.54) is 0 Å². The van der Waals surface area contributed by atoms with Gasteiger partial charge in [0.15, 0.2) is 0 Å². The molecule has 9 heavy (non-hydrogen) atoms. The number of rotatable bonds is 0. The first-order valence-corrected chi connectivity index (χ1v) is 2.89. The molecule has 0 aliphatic rings. The van der Waals surface area contributed by atoms with Crippen molar-refractivity contribution in [1.82, 2.24) is 0 Å². The van der Waals surface area contributed by atoms with Gasteiger partial charge in [-0.3, -0.25) is 0 Å². The monoisotopic (exact) mass is 116 g/mol. The molecule has 0 unspecified atom stereocenters. The van der Waals surface area contributed by atoms with E-state index in [4.69, 9.17) is 4.42 Å². The molecule has 0 aromatic carbocycles. The van der Waals surface area contributed by atoms with Gasteiger partial charge in [-0.15, -0.1) is 0 Å². The maximum atomic E-state index is 5.12. The Labute approximate surface area is 53.5 Å². The van der Waals surface area contributed by atoms with Crippen molar-refractivity contribution in [3.05, 3.63) is 30.3 Å². The van der Waals surface area contributed by atoms with E-state index >= 15 is 0 Å². The second kappa shape index (κ2) is 1.73. The van der Waals surface area contributed by atoms with Crippen molar-refractivity contribution in [3.8, 4) is 0 Å². The van der Waals surface area contributed by atoms with Gasteiger partial charge in [0.2, 0.25) is 0 Å². The summed E-state index contributed by atoms with van der Waals surface area (Å²) < 4.78 is 5.12. The minimum absolute atomic E-state index is 0.956. The summed E-state index contributed by atoms with van der Waals surface area (Å²) in [5, 5.41) is 1.16. The number of hydrogen-bond donors (Lipinski definition) is 0. The molecule has 2 aromatic heterocycles. The molecule has 0 radical (unpaired) electrons. The van der Waals surface area contributed by atoms with Crippen LogP contribution in [0.3, 0.4) is 0 Å². The van der Waals surface area contributed by atoms with E-state index in [-0.39, 0.29) is 0 Å². The molecule has 2 rings (SSSR count). The van der Waals surface area contributed by atoms with Crippen LogP contribution in [0, 0.1) is 0 Å². The van der Waals surface area contributed by atoms with Crippen molar-refractivity contribution < 1.29 is 4.42 Å². The van der Waals surface area contributed by atoms with Crippen molar-refractivity contribution in [3.63, 3.8) is 0 Å². The van der Waals surface area contributed by atoms with Crippen LogP contribution >= 0.6 is 0 Å². The summed E-state index contributed by atoms with van der Waals surface area (Å²) in [6.45, 7) is 2.00. The summed E-state index contributed by atoms with van der Waals surface area (Å²) >= 11 is 0. The molecule has 0 atom stereocenters. The van der Waals surface area contributed by atoms with Gasteiger partial charge in [-0.1, -0.05) is 0 Å². The van der Waals surface area contributed by atoms with Crippen LogP contribution < -0.4 is 0 Å². The van der Waals surface area contributed by atoms with E-state index < -0.39 is 0 Å². The Morgan fingerprint density at radius 3 is 3.22 bits per heavy atom. The zero-order valence-electron chi connectivity index (χ0n) is 4.87. The van der Waals surface area contributed by atoms with E-state index in [1.54, 1.807) is 6.26 Å². The fourth-order valence-corrected chi connectivity index (χ4v) is 0.906. The average molecular weight is 116 g/mol. The molecule has 0 N–H and O–H groups in total. The molecule has 42 valence electrons. The van der Waals surface area contributed by atoms with E-state index in [0.717, 1.165) is 11.0 Å². The Hall–Kier alpha value is -1.05. The van der Waals surface area contributed by atoms with Crippen LogP contribution in [0.4, 0.5) is 0 Å². The third-order valence-electron chi connectivity index (χ3n) is 1.36. The molecule has 2 heterocycles. The van der Waals surface area contributed by atoms with Gasteiger partial charge in [-0.25, -0.2) is 0 Å². The van der Waals surface area contributed by atoms with Gasteiger partial charge in [0, 0.05) is 0 Å². The van der Waals surface area contributed by atoms with Gasteiger partial charge in [0.1, 0.15) is 0 Å². The Bertz CT molecular complexity index is 283. The van der Waals surface area contributed by atoms with Crippen molar-refractivity contribution in [1.29, 1.82) is 0 Å². The van der Waals surface area contributed by atoms with Crippen LogP contribution in [0.2, 0.25) is 0 Å². The van der Waals surface area contributed by atoms with E-state index in [9.17, 15) is 0 Å². The maximum absolute atomic E-state index is 5.12. The molecular weight excluding hydrogens is 111 g/mol. The van der Waals surface area contributed by atoms with Gasteiger partial charge in [-0.05, 0) is 0 Å². The zero-order valence-corrected chi connectivity index (χ0v) is 4.87. The predicted octanol–water partition coefficient (Wildman–Crippen LogP) is 1.77. The fraction of sp³-hybridized carbons (Fsp3) is 0. The molecule has 2 heteroatoms. The van der Waals surface area contributed by atoms with Crippen LogP contribution in [-0.2, 0) is 0 Å². The third kappa shape index (κ3) is 0.671. The van der Waals surface area contributed by atoms with E-state index in [1.807, 2.05) is 31.0 Å². The zero-order chi connectivity index (χ0) is 6.10. The van der Waals surface area contributed by atoms with Gasteiger partial charge in [-0.2, -0.15) is 0 Å². The van der Waals surface area contributed by atoms with Gasteiger partial charge >= 0.3 is 52.6 Å². The molecule has 0 spiro atoms. The number of hydrogen-bond acceptors (Lipinski definition) is 1. The Morgan fingerprint density at radius 2 is 2.33 bits per heavy atom. The van der Waals surface area contributed by atoms with E-state index in [0.29, 0.717) is 0 Å². The van der Waals surface area contributed by atoms with Gasteiger partial charge in [0.25, 0.3) is 0 Å². The molecule has 0 bridgehead atoms. The number of fused-ring (bicyclic) bond motifs is 1. The Morgan fingerprint density at radius 1 is 1.33 bits per heavy atom. The molecule has 0 aliphatic heterocycles. The molecule has 0 saturated heterocycles. The SMILES string of the molecule is b1ccc2occc2c1. The number of furan rings is 1. The Balaban J connectivity index is 2.95. The van der Waals surface area contributed by atoms with Crippen molar-refractivity contribution in [2.75, 3.05) is 0 Å². The second-order valence-electron chi connectivity index (χ2n) is 1.96. The van der Waals surface area contributed by atoms with Crippen molar-refractivity contribution in [2.24, 2.45) is 0 Å². The summed E-state index contributed by atoms with van der Waals surface area (Å²) in [5.74, 6) is 3.99. The topological polar surface area (TPSA) is 13.1 Å². The summed E-state index contributed by atoms with van der Waals surface area (Å²) in [6, 6.07) is 3.91. The van der Waals surface area contributed by atoms with Crippen molar-refractivity contribution in [2.45, 2.75) is 0 Å². The standard InChI is InChI=1S/C7H5BO/c1-3-8-5-6-2-4-9-7(1)6/h1-5H. The quantitative estimate of drug-likeness (QED) is 0.511. The summed E-state index contributed by atoms with van der Waals surface area (Å²) in [7, 11) is 0. The van der Waals surface area contributed by atoms with Crippen LogP contribution in [0.15, 0.2) is 34.7 Å². The average Bonchev–Trinajstić information content (AvgIpc) is 2.33. The van der Waals surface area contributed by atoms with Crippen LogP contribution in [-0.4, -0.2) is 6.91 Å². The molecular formula is C7H5BO. The normalized spacial score (nSPS) is 9.78. The van der Waals surface area contributed by atoms with Crippen LogP contribution in [0.5, 0.6) is 0 Å². The van der Waals surface area contributed by atoms with Crippen molar-refractivity contribution >= 4 is 17.9 Å². The Kier molecular flexibility index (Phi) is 0.920. The van der Waals surface area contributed by atoms with Gasteiger partial charge in [0.05, 0.1) is 0 Å².